The standard InChI is InChI=1S/C20H26N2O4S/c1-14-9-10-19(11-15(14)2)22(27(5,24)25)16(3)20(23)21-18-8-6-7-17(12-18)13-26-4/h6-12,16H,13H2,1-5H3,(H,21,23). The van der Waals surface area contributed by atoms with Gasteiger partial charge in [-0.15, -0.1) is 0 Å². The Hall–Kier alpha value is -2.38. The molecule has 0 spiro atoms. The van der Waals surface area contributed by atoms with Gasteiger partial charge in [0.1, 0.15) is 6.04 Å². The third-order valence-electron chi connectivity index (χ3n) is 4.34. The minimum absolute atomic E-state index is 0.409. The average Bonchev–Trinajstić information content (AvgIpc) is 2.57. The van der Waals surface area contributed by atoms with Gasteiger partial charge in [-0.05, 0) is 61.7 Å². The topological polar surface area (TPSA) is 75.7 Å². The van der Waals surface area contributed by atoms with Gasteiger partial charge in [-0.25, -0.2) is 8.42 Å². The summed E-state index contributed by atoms with van der Waals surface area (Å²) in [5.74, 6) is -0.409. The summed E-state index contributed by atoms with van der Waals surface area (Å²) >= 11 is 0. The van der Waals surface area contributed by atoms with Crippen molar-refractivity contribution in [3.63, 3.8) is 0 Å². The molecular formula is C20H26N2O4S. The lowest BCUT2D eigenvalue weighted by molar-refractivity contribution is -0.116. The number of anilines is 2. The van der Waals surface area contributed by atoms with Crippen LogP contribution in [0.2, 0.25) is 0 Å². The Balaban J connectivity index is 2.29. The summed E-state index contributed by atoms with van der Waals surface area (Å²) in [5.41, 5.74) is 3.99. The Kier molecular flexibility index (Phi) is 6.62. The summed E-state index contributed by atoms with van der Waals surface area (Å²) in [6.07, 6.45) is 1.10. The number of benzene rings is 2. The molecule has 1 amide bonds. The van der Waals surface area contributed by atoms with E-state index in [0.29, 0.717) is 18.0 Å². The molecule has 6 nitrogen and oxygen atoms in total. The molecule has 0 aromatic heterocycles. The molecule has 2 aromatic carbocycles. The predicted octanol–water partition coefficient (Wildman–Crippen LogP) is 3.24. The number of amides is 1. The number of hydrogen-bond acceptors (Lipinski definition) is 4. The Bertz CT molecular complexity index is 925. The van der Waals surface area contributed by atoms with Gasteiger partial charge in [0.15, 0.2) is 0 Å². The SMILES string of the molecule is COCc1cccc(NC(=O)C(C)N(c2ccc(C)c(C)c2)S(C)(=O)=O)c1. The van der Waals surface area contributed by atoms with Crippen LogP contribution in [-0.4, -0.2) is 33.7 Å². The van der Waals surface area contributed by atoms with Gasteiger partial charge >= 0.3 is 0 Å². The maximum atomic E-state index is 12.7. The third-order valence-corrected chi connectivity index (χ3v) is 5.58. The van der Waals surface area contributed by atoms with Crippen LogP contribution in [0.3, 0.4) is 0 Å². The van der Waals surface area contributed by atoms with Crippen LogP contribution >= 0.6 is 0 Å². The highest BCUT2D eigenvalue weighted by molar-refractivity contribution is 7.92. The number of rotatable bonds is 7. The summed E-state index contributed by atoms with van der Waals surface area (Å²) in [4.78, 5) is 12.7. The number of nitrogens with zero attached hydrogens (tertiary/aromatic N) is 1. The summed E-state index contributed by atoms with van der Waals surface area (Å²) in [6.45, 7) is 5.86. The van der Waals surface area contributed by atoms with E-state index in [9.17, 15) is 13.2 Å². The van der Waals surface area contributed by atoms with Gasteiger partial charge in [0, 0.05) is 12.8 Å². The number of sulfonamides is 1. The maximum absolute atomic E-state index is 12.7. The van der Waals surface area contributed by atoms with E-state index in [1.807, 2.05) is 32.0 Å². The molecule has 27 heavy (non-hydrogen) atoms. The van der Waals surface area contributed by atoms with Gasteiger partial charge in [-0.1, -0.05) is 18.2 Å². The molecule has 146 valence electrons. The van der Waals surface area contributed by atoms with Gasteiger partial charge < -0.3 is 10.1 Å². The van der Waals surface area contributed by atoms with Crippen LogP contribution in [0.15, 0.2) is 42.5 Å². The van der Waals surface area contributed by atoms with E-state index in [4.69, 9.17) is 4.74 Å². The highest BCUT2D eigenvalue weighted by atomic mass is 32.2. The lowest BCUT2D eigenvalue weighted by Crippen LogP contribution is -2.45. The van der Waals surface area contributed by atoms with Crippen molar-refractivity contribution >= 4 is 27.3 Å². The van der Waals surface area contributed by atoms with E-state index >= 15 is 0 Å². The fourth-order valence-electron chi connectivity index (χ4n) is 2.82. The van der Waals surface area contributed by atoms with E-state index in [2.05, 4.69) is 5.32 Å². The van der Waals surface area contributed by atoms with Crippen molar-refractivity contribution < 1.29 is 17.9 Å². The summed E-state index contributed by atoms with van der Waals surface area (Å²) < 4.78 is 31.0. The molecule has 2 aromatic rings. The Morgan fingerprint density at radius 3 is 2.44 bits per heavy atom. The quantitative estimate of drug-likeness (QED) is 0.787. The van der Waals surface area contributed by atoms with E-state index in [1.54, 1.807) is 38.3 Å². The minimum atomic E-state index is -3.65. The van der Waals surface area contributed by atoms with Crippen LogP contribution in [0.1, 0.15) is 23.6 Å². The molecule has 0 aliphatic rings. The molecule has 0 saturated carbocycles. The van der Waals surface area contributed by atoms with Gasteiger partial charge in [-0.2, -0.15) is 0 Å². The Morgan fingerprint density at radius 1 is 1.15 bits per heavy atom. The largest absolute Gasteiger partial charge is 0.380 e. The van der Waals surface area contributed by atoms with E-state index in [0.717, 1.165) is 27.3 Å². The second-order valence-corrected chi connectivity index (χ2v) is 8.49. The van der Waals surface area contributed by atoms with Crippen molar-refractivity contribution in [3.8, 4) is 0 Å². The van der Waals surface area contributed by atoms with Crippen molar-refractivity contribution in [2.24, 2.45) is 0 Å². The minimum Gasteiger partial charge on any atom is -0.380 e. The van der Waals surface area contributed by atoms with E-state index in [-0.39, 0.29) is 0 Å². The van der Waals surface area contributed by atoms with Gasteiger partial charge in [0.05, 0.1) is 18.6 Å². The monoisotopic (exact) mass is 390 g/mol. The fourth-order valence-corrected chi connectivity index (χ4v) is 3.99. The smallest absolute Gasteiger partial charge is 0.247 e. The van der Waals surface area contributed by atoms with Crippen molar-refractivity contribution in [2.75, 3.05) is 23.0 Å². The van der Waals surface area contributed by atoms with Crippen LogP contribution in [0.4, 0.5) is 11.4 Å². The second kappa shape index (κ2) is 8.54. The normalized spacial score (nSPS) is 12.5. The zero-order valence-electron chi connectivity index (χ0n) is 16.3. The Morgan fingerprint density at radius 2 is 1.85 bits per heavy atom. The van der Waals surface area contributed by atoms with Crippen LogP contribution < -0.4 is 9.62 Å². The van der Waals surface area contributed by atoms with Gasteiger partial charge in [0.25, 0.3) is 0 Å². The number of nitrogens with one attached hydrogen (secondary N) is 1. The first-order chi connectivity index (χ1) is 12.6. The molecule has 1 N–H and O–H groups in total. The number of methoxy groups -OCH3 is 1. The van der Waals surface area contributed by atoms with Crippen molar-refractivity contribution in [1.29, 1.82) is 0 Å². The summed E-state index contributed by atoms with van der Waals surface area (Å²) in [6, 6.07) is 11.7. The van der Waals surface area contributed by atoms with Gasteiger partial charge in [0.2, 0.25) is 15.9 Å². The van der Waals surface area contributed by atoms with Crippen molar-refractivity contribution in [2.45, 2.75) is 33.4 Å². The van der Waals surface area contributed by atoms with Crippen molar-refractivity contribution in [3.05, 3.63) is 59.2 Å². The number of hydrogen-bond donors (Lipinski definition) is 1. The highest BCUT2D eigenvalue weighted by Crippen LogP contribution is 2.24. The fraction of sp³-hybridized carbons (Fsp3) is 0.350. The zero-order chi connectivity index (χ0) is 20.2. The molecule has 1 unspecified atom stereocenters. The summed E-state index contributed by atoms with van der Waals surface area (Å²) in [5, 5.41) is 2.79. The van der Waals surface area contributed by atoms with Crippen LogP contribution in [0.25, 0.3) is 0 Å². The molecular weight excluding hydrogens is 364 g/mol. The van der Waals surface area contributed by atoms with Crippen LogP contribution in [0.5, 0.6) is 0 Å². The zero-order valence-corrected chi connectivity index (χ0v) is 17.1. The molecule has 7 heteroatoms. The molecule has 0 aliphatic carbocycles. The third kappa shape index (κ3) is 5.30. The molecule has 0 aliphatic heterocycles. The first-order valence-corrected chi connectivity index (χ1v) is 10.4. The molecule has 0 heterocycles. The lowest BCUT2D eigenvalue weighted by Gasteiger charge is -2.28. The molecule has 0 radical (unpaired) electrons. The molecule has 0 bridgehead atoms. The lowest BCUT2D eigenvalue weighted by atomic mass is 10.1. The number of aryl methyl sites for hydroxylation is 2. The van der Waals surface area contributed by atoms with E-state index in [1.165, 1.54) is 0 Å². The number of carbonyl (C=O) groups excluding carboxylic acids is 1. The van der Waals surface area contributed by atoms with Gasteiger partial charge in [-0.3, -0.25) is 9.10 Å². The summed E-state index contributed by atoms with van der Waals surface area (Å²) in [7, 11) is -2.05. The average molecular weight is 391 g/mol. The molecule has 0 saturated heterocycles. The first kappa shape index (κ1) is 20.9. The van der Waals surface area contributed by atoms with Crippen LogP contribution in [-0.2, 0) is 26.2 Å². The predicted molar refractivity (Wildman–Crippen MR) is 108 cm³/mol. The highest BCUT2D eigenvalue weighted by Gasteiger charge is 2.29. The molecule has 0 fully saturated rings. The van der Waals surface area contributed by atoms with Crippen LogP contribution in [0, 0.1) is 13.8 Å². The second-order valence-electron chi connectivity index (χ2n) is 6.63. The molecule has 1 atom stereocenters. The first-order valence-electron chi connectivity index (χ1n) is 8.59. The molecule has 2 rings (SSSR count). The number of carbonyl (C=O) groups is 1. The van der Waals surface area contributed by atoms with E-state index < -0.39 is 22.0 Å². The maximum Gasteiger partial charge on any atom is 0.247 e. The number of ether oxygens (including phenoxy) is 1. The van der Waals surface area contributed by atoms with Crippen molar-refractivity contribution in [1.82, 2.24) is 0 Å². The Labute approximate surface area is 161 Å².